The molecule has 0 spiro atoms. The van der Waals surface area contributed by atoms with Crippen LogP contribution in [0.5, 0.6) is 0 Å². The Morgan fingerprint density at radius 3 is 2.40 bits per heavy atom. The summed E-state index contributed by atoms with van der Waals surface area (Å²) < 4.78 is 0. The maximum atomic E-state index is 10.6. The van der Waals surface area contributed by atoms with Gasteiger partial charge in [-0.3, -0.25) is 9.69 Å². The van der Waals surface area contributed by atoms with Crippen LogP contribution in [-0.2, 0) is 17.6 Å². The molecule has 0 unspecified atom stereocenters. The van der Waals surface area contributed by atoms with Crippen molar-refractivity contribution >= 4 is 5.97 Å². The lowest BCUT2D eigenvalue weighted by Gasteiger charge is -2.21. The van der Waals surface area contributed by atoms with Gasteiger partial charge in [-0.05, 0) is 31.0 Å². The van der Waals surface area contributed by atoms with Crippen LogP contribution >= 0.6 is 0 Å². The van der Waals surface area contributed by atoms with Crippen LogP contribution in [0.25, 0.3) is 0 Å². The first-order valence-electron chi connectivity index (χ1n) is 5.15. The van der Waals surface area contributed by atoms with Crippen LogP contribution in [0.3, 0.4) is 0 Å². The van der Waals surface area contributed by atoms with E-state index >= 15 is 0 Å². The molecule has 0 aromatic heterocycles. The molecule has 1 aliphatic carbocycles. The number of rotatable bonds is 3. The molecule has 3 nitrogen and oxygen atoms in total. The van der Waals surface area contributed by atoms with Crippen molar-refractivity contribution in [3.8, 4) is 0 Å². The van der Waals surface area contributed by atoms with Gasteiger partial charge in [0.05, 0.1) is 6.54 Å². The van der Waals surface area contributed by atoms with E-state index in [0.717, 1.165) is 12.8 Å². The van der Waals surface area contributed by atoms with Crippen molar-refractivity contribution in [2.45, 2.75) is 18.9 Å². The highest BCUT2D eigenvalue weighted by molar-refractivity contribution is 5.69. The summed E-state index contributed by atoms with van der Waals surface area (Å²) in [6.07, 6.45) is 1.94. The maximum absolute atomic E-state index is 10.6. The zero-order valence-corrected chi connectivity index (χ0v) is 8.81. The number of benzene rings is 1. The van der Waals surface area contributed by atoms with Crippen LogP contribution in [0.1, 0.15) is 11.1 Å². The summed E-state index contributed by atoms with van der Waals surface area (Å²) in [5, 5.41) is 8.72. The molecule has 2 rings (SSSR count). The molecular weight excluding hydrogens is 190 g/mol. The van der Waals surface area contributed by atoms with E-state index in [0.29, 0.717) is 6.04 Å². The van der Waals surface area contributed by atoms with Crippen molar-refractivity contribution in [1.82, 2.24) is 4.90 Å². The van der Waals surface area contributed by atoms with E-state index in [4.69, 9.17) is 5.11 Å². The van der Waals surface area contributed by atoms with Crippen molar-refractivity contribution in [2.75, 3.05) is 13.6 Å². The van der Waals surface area contributed by atoms with E-state index in [1.165, 1.54) is 11.1 Å². The fraction of sp³-hybridized carbons (Fsp3) is 0.417. The van der Waals surface area contributed by atoms with Gasteiger partial charge in [0, 0.05) is 6.04 Å². The largest absolute Gasteiger partial charge is 0.480 e. The van der Waals surface area contributed by atoms with Crippen molar-refractivity contribution in [3.05, 3.63) is 35.4 Å². The Labute approximate surface area is 89.3 Å². The van der Waals surface area contributed by atoms with Crippen LogP contribution in [0.15, 0.2) is 24.3 Å². The predicted molar refractivity (Wildman–Crippen MR) is 57.9 cm³/mol. The Kier molecular flexibility index (Phi) is 2.73. The lowest BCUT2D eigenvalue weighted by Crippen LogP contribution is -2.36. The molecule has 1 aromatic carbocycles. The first-order valence-corrected chi connectivity index (χ1v) is 5.15. The number of hydrogen-bond donors (Lipinski definition) is 1. The molecule has 1 aliphatic rings. The highest BCUT2D eigenvalue weighted by atomic mass is 16.4. The number of carboxylic acids is 1. The molecule has 0 saturated carbocycles. The molecule has 0 aliphatic heterocycles. The minimum Gasteiger partial charge on any atom is -0.480 e. The van der Waals surface area contributed by atoms with Gasteiger partial charge in [0.1, 0.15) is 0 Å². The molecule has 0 saturated heterocycles. The molecule has 3 heteroatoms. The molecule has 0 atom stereocenters. The third-order valence-electron chi connectivity index (χ3n) is 3.04. The molecule has 0 heterocycles. The summed E-state index contributed by atoms with van der Waals surface area (Å²) in [5.74, 6) is -0.756. The van der Waals surface area contributed by atoms with E-state index in [9.17, 15) is 4.79 Å². The minimum absolute atomic E-state index is 0.124. The summed E-state index contributed by atoms with van der Waals surface area (Å²) in [7, 11) is 1.88. The summed E-state index contributed by atoms with van der Waals surface area (Å²) in [6.45, 7) is 0.124. The second-order valence-corrected chi connectivity index (χ2v) is 4.14. The van der Waals surface area contributed by atoms with E-state index in [1.54, 1.807) is 0 Å². The molecule has 0 fully saturated rings. The first-order chi connectivity index (χ1) is 7.16. The lowest BCUT2D eigenvalue weighted by molar-refractivity contribution is -0.138. The summed E-state index contributed by atoms with van der Waals surface area (Å²) in [4.78, 5) is 12.5. The summed E-state index contributed by atoms with van der Waals surface area (Å²) in [5.41, 5.74) is 2.72. The number of fused-ring (bicyclic) bond motifs is 1. The van der Waals surface area contributed by atoms with E-state index < -0.39 is 5.97 Å². The van der Waals surface area contributed by atoms with Crippen LogP contribution < -0.4 is 0 Å². The Bertz CT molecular complexity index is 351. The second kappa shape index (κ2) is 4.03. The topological polar surface area (TPSA) is 40.5 Å². The number of carboxylic acid groups (broad SMARTS) is 1. The second-order valence-electron chi connectivity index (χ2n) is 4.14. The molecule has 1 aromatic rings. The van der Waals surface area contributed by atoms with Gasteiger partial charge in [0.2, 0.25) is 0 Å². The van der Waals surface area contributed by atoms with Gasteiger partial charge in [-0.15, -0.1) is 0 Å². The predicted octanol–water partition coefficient (Wildman–Crippen LogP) is 1.17. The average molecular weight is 205 g/mol. The fourth-order valence-electron chi connectivity index (χ4n) is 2.19. The highest BCUT2D eigenvalue weighted by Crippen LogP contribution is 2.24. The quantitative estimate of drug-likeness (QED) is 0.805. The highest BCUT2D eigenvalue weighted by Gasteiger charge is 2.25. The number of hydrogen-bond acceptors (Lipinski definition) is 2. The fourth-order valence-corrected chi connectivity index (χ4v) is 2.19. The molecular formula is C12H15NO2. The Morgan fingerprint density at radius 2 is 1.93 bits per heavy atom. The van der Waals surface area contributed by atoms with Gasteiger partial charge in [-0.25, -0.2) is 0 Å². The van der Waals surface area contributed by atoms with Gasteiger partial charge in [0.25, 0.3) is 0 Å². The molecule has 0 amide bonds. The smallest absolute Gasteiger partial charge is 0.317 e. The normalized spacial score (nSPS) is 15.6. The SMILES string of the molecule is CN(CC(=O)O)C1Cc2ccccc2C1. The van der Waals surface area contributed by atoms with Gasteiger partial charge < -0.3 is 5.11 Å². The maximum Gasteiger partial charge on any atom is 0.317 e. The van der Waals surface area contributed by atoms with Gasteiger partial charge in [-0.1, -0.05) is 24.3 Å². The van der Waals surface area contributed by atoms with Crippen molar-refractivity contribution in [2.24, 2.45) is 0 Å². The Hall–Kier alpha value is -1.35. The van der Waals surface area contributed by atoms with Crippen molar-refractivity contribution < 1.29 is 9.90 Å². The summed E-state index contributed by atoms with van der Waals surface area (Å²) >= 11 is 0. The molecule has 80 valence electrons. The molecule has 15 heavy (non-hydrogen) atoms. The number of carbonyl (C=O) groups is 1. The zero-order valence-electron chi connectivity index (χ0n) is 8.81. The van der Waals surface area contributed by atoms with Crippen LogP contribution in [0, 0.1) is 0 Å². The zero-order chi connectivity index (χ0) is 10.8. The number of aliphatic carboxylic acids is 1. The third kappa shape index (κ3) is 2.18. The average Bonchev–Trinajstić information content (AvgIpc) is 2.59. The van der Waals surface area contributed by atoms with Gasteiger partial charge in [0.15, 0.2) is 0 Å². The lowest BCUT2D eigenvalue weighted by atomic mass is 10.1. The van der Waals surface area contributed by atoms with Crippen LogP contribution in [-0.4, -0.2) is 35.6 Å². The van der Waals surface area contributed by atoms with Crippen LogP contribution in [0.4, 0.5) is 0 Å². The number of likely N-dealkylation sites (N-methyl/N-ethyl adjacent to an activating group) is 1. The minimum atomic E-state index is -0.756. The van der Waals surface area contributed by atoms with Gasteiger partial charge >= 0.3 is 5.97 Å². The first kappa shape index (κ1) is 10.2. The van der Waals surface area contributed by atoms with E-state index in [2.05, 4.69) is 12.1 Å². The third-order valence-corrected chi connectivity index (χ3v) is 3.04. The van der Waals surface area contributed by atoms with E-state index in [1.807, 2.05) is 24.1 Å². The molecule has 0 radical (unpaired) electrons. The molecule has 0 bridgehead atoms. The van der Waals surface area contributed by atoms with Crippen LogP contribution in [0.2, 0.25) is 0 Å². The van der Waals surface area contributed by atoms with Gasteiger partial charge in [-0.2, -0.15) is 0 Å². The molecule has 1 N–H and O–H groups in total. The monoisotopic (exact) mass is 205 g/mol. The number of nitrogens with zero attached hydrogens (tertiary/aromatic N) is 1. The summed E-state index contributed by atoms with van der Waals surface area (Å²) in [6, 6.07) is 8.68. The Balaban J connectivity index is 2.03. The van der Waals surface area contributed by atoms with Crippen molar-refractivity contribution in [3.63, 3.8) is 0 Å². The standard InChI is InChI=1S/C12H15NO2/c1-13(8-12(14)15)11-6-9-4-2-3-5-10(9)7-11/h2-5,11H,6-8H2,1H3,(H,14,15). The Morgan fingerprint density at radius 1 is 1.40 bits per heavy atom. The van der Waals surface area contributed by atoms with E-state index in [-0.39, 0.29) is 6.54 Å². The van der Waals surface area contributed by atoms with Crippen molar-refractivity contribution in [1.29, 1.82) is 0 Å².